The maximum absolute atomic E-state index is 12.7. The third-order valence-corrected chi connectivity index (χ3v) is 4.85. The quantitative estimate of drug-likeness (QED) is 0.733. The predicted molar refractivity (Wildman–Crippen MR) is 108 cm³/mol. The van der Waals surface area contributed by atoms with Gasteiger partial charge in [0.2, 0.25) is 11.8 Å². The molecular formula is C22H28N2O3. The lowest BCUT2D eigenvalue weighted by molar-refractivity contribution is -0.138. The molecule has 2 amide bonds. The van der Waals surface area contributed by atoms with E-state index in [2.05, 4.69) is 10.6 Å². The molecule has 2 N–H and O–H groups in total. The molecule has 27 heavy (non-hydrogen) atoms. The fourth-order valence-electron chi connectivity index (χ4n) is 2.60. The molecule has 144 valence electrons. The van der Waals surface area contributed by atoms with E-state index < -0.39 is 5.41 Å². The van der Waals surface area contributed by atoms with E-state index in [-0.39, 0.29) is 11.8 Å². The topological polar surface area (TPSA) is 67.4 Å². The van der Waals surface area contributed by atoms with Gasteiger partial charge < -0.3 is 15.4 Å². The first-order valence-electron chi connectivity index (χ1n) is 9.04. The molecule has 0 radical (unpaired) electrons. The Morgan fingerprint density at radius 3 is 2.30 bits per heavy atom. The van der Waals surface area contributed by atoms with Crippen molar-refractivity contribution in [2.45, 2.75) is 34.1 Å². The summed E-state index contributed by atoms with van der Waals surface area (Å²) in [6, 6.07) is 13.4. The maximum atomic E-state index is 12.7. The second-order valence-corrected chi connectivity index (χ2v) is 7.18. The largest absolute Gasteiger partial charge is 0.497 e. The monoisotopic (exact) mass is 368 g/mol. The van der Waals surface area contributed by atoms with Gasteiger partial charge in [0.25, 0.3) is 0 Å². The van der Waals surface area contributed by atoms with E-state index in [1.807, 2.05) is 56.3 Å². The lowest BCUT2D eigenvalue weighted by atomic mass is 9.90. The van der Waals surface area contributed by atoms with Gasteiger partial charge in [-0.2, -0.15) is 0 Å². The molecule has 0 atom stereocenters. The lowest BCUT2D eigenvalue weighted by Gasteiger charge is -2.23. The summed E-state index contributed by atoms with van der Waals surface area (Å²) >= 11 is 0. The first kappa shape index (κ1) is 20.5. The number of nitrogens with one attached hydrogen (secondary N) is 2. The van der Waals surface area contributed by atoms with Gasteiger partial charge in [-0.1, -0.05) is 24.3 Å². The van der Waals surface area contributed by atoms with Gasteiger partial charge in [-0.05, 0) is 69.0 Å². The van der Waals surface area contributed by atoms with Gasteiger partial charge in [-0.25, -0.2) is 0 Å². The Morgan fingerprint density at radius 2 is 1.67 bits per heavy atom. The SMILES string of the molecule is COc1ccc(CCNC(=O)C(C)(C)C(=O)Nc2cccc(C)c2C)cc1. The molecular weight excluding hydrogens is 340 g/mol. The van der Waals surface area contributed by atoms with Crippen LogP contribution >= 0.6 is 0 Å². The molecule has 5 nitrogen and oxygen atoms in total. The highest BCUT2D eigenvalue weighted by Gasteiger charge is 2.36. The standard InChI is InChI=1S/C22H28N2O3/c1-15-7-6-8-19(16(15)2)24-21(26)22(3,4)20(25)23-14-13-17-9-11-18(27-5)12-10-17/h6-12H,13-14H2,1-5H3,(H,23,25)(H,24,26). The van der Waals surface area contributed by atoms with Crippen molar-refractivity contribution in [3.8, 4) is 5.75 Å². The number of carbonyl (C=O) groups is 2. The summed E-state index contributed by atoms with van der Waals surface area (Å²) in [5.41, 5.74) is 2.75. The zero-order valence-corrected chi connectivity index (χ0v) is 16.7. The van der Waals surface area contributed by atoms with Crippen LogP contribution in [0, 0.1) is 19.3 Å². The first-order valence-corrected chi connectivity index (χ1v) is 9.04. The Bertz CT molecular complexity index is 811. The maximum Gasteiger partial charge on any atom is 0.239 e. The van der Waals surface area contributed by atoms with Gasteiger partial charge in [-0.3, -0.25) is 9.59 Å². The Morgan fingerprint density at radius 1 is 1.00 bits per heavy atom. The van der Waals surface area contributed by atoms with Crippen LogP contribution in [0.4, 0.5) is 5.69 Å². The van der Waals surface area contributed by atoms with E-state index in [1.54, 1.807) is 21.0 Å². The van der Waals surface area contributed by atoms with Crippen LogP contribution in [0.3, 0.4) is 0 Å². The lowest BCUT2D eigenvalue weighted by Crippen LogP contribution is -2.45. The number of anilines is 1. The van der Waals surface area contributed by atoms with Crippen LogP contribution in [0.5, 0.6) is 5.75 Å². The second kappa shape index (κ2) is 8.71. The Kier molecular flexibility index (Phi) is 6.61. The van der Waals surface area contributed by atoms with Gasteiger partial charge in [0, 0.05) is 12.2 Å². The van der Waals surface area contributed by atoms with Crippen LogP contribution in [0.25, 0.3) is 0 Å². The molecule has 2 rings (SSSR count). The predicted octanol–water partition coefficient (Wildman–Crippen LogP) is 3.64. The summed E-state index contributed by atoms with van der Waals surface area (Å²) in [7, 11) is 1.63. The number of methoxy groups -OCH3 is 1. The molecule has 0 aliphatic rings. The number of benzene rings is 2. The third kappa shape index (κ3) is 5.09. The second-order valence-electron chi connectivity index (χ2n) is 7.18. The van der Waals surface area contributed by atoms with E-state index in [9.17, 15) is 9.59 Å². The van der Waals surface area contributed by atoms with Gasteiger partial charge >= 0.3 is 0 Å². The average Bonchev–Trinajstić information content (AvgIpc) is 2.65. The number of ether oxygens (including phenoxy) is 1. The normalized spacial score (nSPS) is 11.0. The Hall–Kier alpha value is -2.82. The number of rotatable bonds is 7. The summed E-state index contributed by atoms with van der Waals surface area (Å²) in [5, 5.41) is 5.74. The molecule has 5 heteroatoms. The smallest absolute Gasteiger partial charge is 0.239 e. The molecule has 0 unspecified atom stereocenters. The van der Waals surface area contributed by atoms with Crippen LogP contribution in [-0.4, -0.2) is 25.5 Å². The molecule has 0 aliphatic heterocycles. The number of hydrogen-bond donors (Lipinski definition) is 2. The van der Waals surface area contributed by atoms with Gasteiger partial charge in [0.05, 0.1) is 7.11 Å². The fraction of sp³-hybridized carbons (Fsp3) is 0.364. The highest BCUT2D eigenvalue weighted by Crippen LogP contribution is 2.23. The molecule has 0 fully saturated rings. The van der Waals surface area contributed by atoms with Crippen molar-refractivity contribution in [1.82, 2.24) is 5.32 Å². The minimum Gasteiger partial charge on any atom is -0.497 e. The zero-order valence-electron chi connectivity index (χ0n) is 16.7. The minimum atomic E-state index is -1.17. The van der Waals surface area contributed by atoms with E-state index in [0.29, 0.717) is 13.0 Å². The van der Waals surface area contributed by atoms with Crippen molar-refractivity contribution in [3.05, 3.63) is 59.2 Å². The average molecular weight is 368 g/mol. The first-order chi connectivity index (χ1) is 12.8. The zero-order chi connectivity index (χ0) is 20.0. The summed E-state index contributed by atoms with van der Waals surface area (Å²) in [6.07, 6.45) is 0.685. The van der Waals surface area contributed by atoms with E-state index >= 15 is 0 Å². The highest BCUT2D eigenvalue weighted by molar-refractivity contribution is 6.10. The van der Waals surface area contributed by atoms with Crippen molar-refractivity contribution in [1.29, 1.82) is 0 Å². The molecule has 0 heterocycles. The molecule has 2 aromatic rings. The van der Waals surface area contributed by atoms with Crippen molar-refractivity contribution in [2.75, 3.05) is 19.0 Å². The van der Waals surface area contributed by atoms with Crippen molar-refractivity contribution < 1.29 is 14.3 Å². The van der Waals surface area contributed by atoms with Crippen molar-refractivity contribution in [3.63, 3.8) is 0 Å². The molecule has 0 aliphatic carbocycles. The van der Waals surface area contributed by atoms with Gasteiger partial charge in [0.15, 0.2) is 0 Å². The molecule has 0 aromatic heterocycles. The number of amides is 2. The van der Waals surface area contributed by atoms with Crippen LogP contribution in [0.15, 0.2) is 42.5 Å². The summed E-state index contributed by atoms with van der Waals surface area (Å²) in [6.45, 7) is 7.67. The van der Waals surface area contributed by atoms with E-state index in [4.69, 9.17) is 4.74 Å². The Balaban J connectivity index is 1.92. The highest BCUT2D eigenvalue weighted by atomic mass is 16.5. The van der Waals surface area contributed by atoms with Gasteiger partial charge in [0.1, 0.15) is 11.2 Å². The number of hydrogen-bond acceptors (Lipinski definition) is 3. The summed E-state index contributed by atoms with van der Waals surface area (Å²) in [5.74, 6) is 0.184. The number of aryl methyl sites for hydroxylation is 1. The van der Waals surface area contributed by atoms with Crippen molar-refractivity contribution >= 4 is 17.5 Å². The Labute approximate surface area is 161 Å². The fourth-order valence-corrected chi connectivity index (χ4v) is 2.60. The van der Waals surface area contributed by atoms with E-state index in [1.165, 1.54) is 0 Å². The molecule has 0 saturated carbocycles. The summed E-state index contributed by atoms with van der Waals surface area (Å²) in [4.78, 5) is 25.2. The molecule has 0 spiro atoms. The summed E-state index contributed by atoms with van der Waals surface area (Å²) < 4.78 is 5.13. The number of carbonyl (C=O) groups excluding carboxylic acids is 2. The van der Waals surface area contributed by atoms with Crippen LogP contribution in [0.2, 0.25) is 0 Å². The van der Waals surface area contributed by atoms with Crippen molar-refractivity contribution in [2.24, 2.45) is 5.41 Å². The molecule has 2 aromatic carbocycles. The van der Waals surface area contributed by atoms with Crippen LogP contribution in [0.1, 0.15) is 30.5 Å². The molecule has 0 bridgehead atoms. The molecule has 0 saturated heterocycles. The third-order valence-electron chi connectivity index (χ3n) is 4.85. The van der Waals surface area contributed by atoms with E-state index in [0.717, 1.165) is 28.1 Å². The van der Waals surface area contributed by atoms with Gasteiger partial charge in [-0.15, -0.1) is 0 Å². The van der Waals surface area contributed by atoms with Crippen LogP contribution in [-0.2, 0) is 16.0 Å². The minimum absolute atomic E-state index is 0.293. The van der Waals surface area contributed by atoms with Crippen LogP contribution < -0.4 is 15.4 Å².